The van der Waals surface area contributed by atoms with Crippen LogP contribution in [0.1, 0.15) is 73.8 Å². The highest BCUT2D eigenvalue weighted by molar-refractivity contribution is 7.18. The minimum absolute atomic E-state index is 0.196. The lowest BCUT2D eigenvalue weighted by Crippen LogP contribution is -2.16. The van der Waals surface area contributed by atoms with E-state index in [-0.39, 0.29) is 29.6 Å². The number of benzene rings is 1. The van der Waals surface area contributed by atoms with Gasteiger partial charge in [0.2, 0.25) is 0 Å². The van der Waals surface area contributed by atoms with Gasteiger partial charge in [-0.25, -0.2) is 9.59 Å². The number of esters is 2. The Morgan fingerprint density at radius 2 is 1.66 bits per heavy atom. The first-order valence-corrected chi connectivity index (χ1v) is 10.7. The van der Waals surface area contributed by atoms with Crippen LogP contribution in [0.2, 0.25) is 0 Å². The molecule has 1 amide bonds. The molecule has 154 valence electrons. The lowest BCUT2D eigenvalue weighted by Gasteiger charge is -2.16. The molecule has 0 fully saturated rings. The van der Waals surface area contributed by atoms with Crippen molar-refractivity contribution < 1.29 is 23.9 Å². The molecule has 1 aromatic carbocycles. The van der Waals surface area contributed by atoms with Crippen molar-refractivity contribution in [2.24, 2.45) is 0 Å². The molecule has 29 heavy (non-hydrogen) atoms. The molecule has 2 aromatic rings. The average Bonchev–Trinajstić information content (AvgIpc) is 3.04. The van der Waals surface area contributed by atoms with Crippen molar-refractivity contribution >= 4 is 34.2 Å². The van der Waals surface area contributed by atoms with E-state index in [0.717, 1.165) is 30.6 Å². The van der Waals surface area contributed by atoms with E-state index in [1.165, 1.54) is 17.5 Å². The largest absolute Gasteiger partial charge is 0.462 e. The third kappa shape index (κ3) is 4.50. The zero-order valence-electron chi connectivity index (χ0n) is 16.9. The summed E-state index contributed by atoms with van der Waals surface area (Å²) in [6, 6.07) is 5.72. The molecule has 0 unspecified atom stereocenters. The summed E-state index contributed by atoms with van der Waals surface area (Å²) in [5.41, 5.74) is 3.67. The predicted molar refractivity (Wildman–Crippen MR) is 112 cm³/mol. The van der Waals surface area contributed by atoms with Crippen molar-refractivity contribution in [2.75, 3.05) is 18.5 Å². The lowest BCUT2D eigenvalue weighted by molar-refractivity contribution is 0.0527. The summed E-state index contributed by atoms with van der Waals surface area (Å²) < 4.78 is 10.2. The Hall–Kier alpha value is -2.67. The predicted octanol–water partition coefficient (Wildman–Crippen LogP) is 4.54. The Morgan fingerprint density at radius 1 is 1.00 bits per heavy atom. The Morgan fingerprint density at radius 3 is 2.34 bits per heavy atom. The number of ether oxygens (including phenoxy) is 2. The van der Waals surface area contributed by atoms with E-state index >= 15 is 0 Å². The highest BCUT2D eigenvalue weighted by atomic mass is 32.1. The number of amides is 1. The molecule has 0 saturated heterocycles. The average molecular weight is 416 g/mol. The van der Waals surface area contributed by atoms with Crippen LogP contribution in [0.4, 0.5) is 5.00 Å². The number of hydrogen-bond acceptors (Lipinski definition) is 6. The summed E-state index contributed by atoms with van der Waals surface area (Å²) in [5, 5.41) is 3.10. The molecule has 0 saturated carbocycles. The smallest absolute Gasteiger partial charge is 0.348 e. The van der Waals surface area contributed by atoms with Crippen LogP contribution in [-0.2, 0) is 22.3 Å². The van der Waals surface area contributed by atoms with E-state index in [9.17, 15) is 14.4 Å². The topological polar surface area (TPSA) is 81.7 Å². The molecule has 0 aliphatic heterocycles. The van der Waals surface area contributed by atoms with Gasteiger partial charge in [0.25, 0.3) is 5.91 Å². The summed E-state index contributed by atoms with van der Waals surface area (Å²) in [7, 11) is 0. The maximum atomic E-state index is 12.9. The van der Waals surface area contributed by atoms with E-state index in [1.807, 2.05) is 12.1 Å². The number of hydrogen-bond donors (Lipinski definition) is 1. The number of thiophene rings is 1. The fourth-order valence-electron chi connectivity index (χ4n) is 3.49. The summed E-state index contributed by atoms with van der Waals surface area (Å²) in [6.07, 6.45) is 4.30. The first-order chi connectivity index (χ1) is 14.0. The van der Waals surface area contributed by atoms with Gasteiger partial charge in [-0.05, 0) is 75.3 Å². The van der Waals surface area contributed by atoms with Gasteiger partial charge in [0.1, 0.15) is 9.88 Å². The van der Waals surface area contributed by atoms with Gasteiger partial charge in [0, 0.05) is 5.56 Å². The zero-order valence-corrected chi connectivity index (χ0v) is 17.7. The molecule has 1 aliphatic rings. The SMILES string of the molecule is CCOC(=O)c1sc(NC(=O)c2ccc3c(c2)CCCC3)c(C(=O)OCC)c1C. The number of nitrogens with one attached hydrogen (secondary N) is 1. The standard InChI is InChI=1S/C22H25NO5S/c1-4-27-21(25)17-13(3)18(22(26)28-5-2)29-20(17)23-19(24)16-11-10-14-8-6-7-9-15(14)12-16/h10-12H,4-9H2,1-3H3,(H,23,24). The van der Waals surface area contributed by atoms with E-state index in [2.05, 4.69) is 5.32 Å². The highest BCUT2D eigenvalue weighted by Crippen LogP contribution is 2.35. The monoisotopic (exact) mass is 415 g/mol. The van der Waals surface area contributed by atoms with Crippen molar-refractivity contribution in [2.45, 2.75) is 46.5 Å². The van der Waals surface area contributed by atoms with Crippen LogP contribution in [0.5, 0.6) is 0 Å². The fourth-order valence-corrected chi connectivity index (χ4v) is 4.58. The summed E-state index contributed by atoms with van der Waals surface area (Å²) in [6.45, 7) is 5.50. The Balaban J connectivity index is 1.92. The number of fused-ring (bicyclic) bond motifs is 1. The first kappa shape index (κ1) is 21.0. The number of carbonyl (C=O) groups is 3. The van der Waals surface area contributed by atoms with Crippen LogP contribution in [0.3, 0.4) is 0 Å². The lowest BCUT2D eigenvalue weighted by atomic mass is 9.90. The Labute approximate surface area is 174 Å². The molecular formula is C22H25NO5S. The summed E-state index contributed by atoms with van der Waals surface area (Å²) in [4.78, 5) is 37.9. The maximum absolute atomic E-state index is 12.9. The normalized spacial score (nSPS) is 12.8. The molecule has 1 heterocycles. The van der Waals surface area contributed by atoms with E-state index in [4.69, 9.17) is 9.47 Å². The highest BCUT2D eigenvalue weighted by Gasteiger charge is 2.27. The molecular weight excluding hydrogens is 390 g/mol. The molecule has 0 radical (unpaired) electrons. The van der Waals surface area contributed by atoms with Gasteiger partial charge < -0.3 is 14.8 Å². The third-order valence-electron chi connectivity index (χ3n) is 4.92. The van der Waals surface area contributed by atoms with Crippen molar-refractivity contribution in [3.8, 4) is 0 Å². The number of carbonyl (C=O) groups excluding carboxylic acids is 3. The maximum Gasteiger partial charge on any atom is 0.348 e. The van der Waals surface area contributed by atoms with Crippen molar-refractivity contribution in [1.29, 1.82) is 0 Å². The van der Waals surface area contributed by atoms with Crippen LogP contribution in [0, 0.1) is 6.92 Å². The van der Waals surface area contributed by atoms with Gasteiger partial charge in [0.05, 0.1) is 18.8 Å². The second-order valence-corrected chi connectivity index (χ2v) is 7.87. The van der Waals surface area contributed by atoms with E-state index in [0.29, 0.717) is 16.1 Å². The van der Waals surface area contributed by atoms with Crippen LogP contribution >= 0.6 is 11.3 Å². The molecule has 1 aromatic heterocycles. The molecule has 1 N–H and O–H groups in total. The number of rotatable bonds is 6. The zero-order chi connectivity index (χ0) is 21.0. The van der Waals surface area contributed by atoms with Gasteiger partial charge in [-0.3, -0.25) is 4.79 Å². The van der Waals surface area contributed by atoms with Gasteiger partial charge in [0.15, 0.2) is 0 Å². The van der Waals surface area contributed by atoms with Gasteiger partial charge in [-0.1, -0.05) is 6.07 Å². The van der Waals surface area contributed by atoms with Gasteiger partial charge >= 0.3 is 11.9 Å². The second kappa shape index (κ2) is 9.22. The Bertz CT molecular complexity index is 947. The van der Waals surface area contributed by atoms with Crippen LogP contribution < -0.4 is 5.32 Å². The van der Waals surface area contributed by atoms with Gasteiger partial charge in [-0.15, -0.1) is 11.3 Å². The first-order valence-electron chi connectivity index (χ1n) is 9.87. The molecule has 0 atom stereocenters. The third-order valence-corrected chi connectivity index (χ3v) is 6.11. The van der Waals surface area contributed by atoms with Crippen molar-refractivity contribution in [3.05, 3.63) is 50.9 Å². The summed E-state index contributed by atoms with van der Waals surface area (Å²) >= 11 is 1.03. The molecule has 1 aliphatic carbocycles. The van der Waals surface area contributed by atoms with Crippen LogP contribution in [0.15, 0.2) is 18.2 Å². The number of anilines is 1. The Kier molecular flexibility index (Phi) is 6.69. The van der Waals surface area contributed by atoms with Crippen LogP contribution in [0.25, 0.3) is 0 Å². The molecule has 0 bridgehead atoms. The number of aryl methyl sites for hydroxylation is 2. The van der Waals surface area contributed by atoms with Crippen molar-refractivity contribution in [3.63, 3.8) is 0 Å². The summed E-state index contributed by atoms with van der Waals surface area (Å²) in [5.74, 6) is -1.41. The van der Waals surface area contributed by atoms with Crippen LogP contribution in [-0.4, -0.2) is 31.1 Å². The van der Waals surface area contributed by atoms with E-state index in [1.54, 1.807) is 26.8 Å². The quantitative estimate of drug-likeness (QED) is 0.701. The molecule has 7 heteroatoms. The van der Waals surface area contributed by atoms with Crippen molar-refractivity contribution in [1.82, 2.24) is 0 Å². The molecule has 3 rings (SSSR count). The van der Waals surface area contributed by atoms with Gasteiger partial charge in [-0.2, -0.15) is 0 Å². The fraction of sp³-hybridized carbons (Fsp3) is 0.409. The van der Waals surface area contributed by atoms with E-state index < -0.39 is 11.9 Å². The second-order valence-electron chi connectivity index (χ2n) is 6.85. The molecule has 6 nitrogen and oxygen atoms in total. The molecule has 0 spiro atoms. The minimum atomic E-state index is -0.572. The minimum Gasteiger partial charge on any atom is -0.462 e.